The fourth-order valence-corrected chi connectivity index (χ4v) is 5.06. The van der Waals surface area contributed by atoms with Gasteiger partial charge in [0.05, 0.1) is 5.41 Å². The maximum absolute atomic E-state index is 12.8. The summed E-state index contributed by atoms with van der Waals surface area (Å²) in [4.78, 5) is 38.7. The molecule has 0 spiro atoms. The van der Waals surface area contributed by atoms with Gasteiger partial charge in [0.1, 0.15) is 6.61 Å². The van der Waals surface area contributed by atoms with Crippen LogP contribution >= 0.6 is 0 Å². The predicted octanol–water partition coefficient (Wildman–Crippen LogP) is 4.26. The molecule has 1 unspecified atom stereocenters. The number of likely N-dealkylation sites (tertiary alicyclic amines) is 1. The Labute approximate surface area is 200 Å². The van der Waals surface area contributed by atoms with Crippen LogP contribution in [-0.2, 0) is 14.3 Å². The second-order valence-corrected chi connectivity index (χ2v) is 9.68. The first kappa shape index (κ1) is 23.8. The second kappa shape index (κ2) is 9.49. The van der Waals surface area contributed by atoms with Gasteiger partial charge >= 0.3 is 12.1 Å². The Hall–Kier alpha value is -3.35. The molecule has 1 fully saturated rings. The van der Waals surface area contributed by atoms with Crippen molar-refractivity contribution in [2.45, 2.75) is 45.6 Å². The van der Waals surface area contributed by atoms with Crippen LogP contribution in [0.5, 0.6) is 0 Å². The van der Waals surface area contributed by atoms with Crippen LogP contribution in [0.4, 0.5) is 4.79 Å². The molecule has 2 aromatic carbocycles. The van der Waals surface area contributed by atoms with Crippen LogP contribution in [0.3, 0.4) is 0 Å². The summed E-state index contributed by atoms with van der Waals surface area (Å²) in [6, 6.07) is 15.9. The molecule has 180 valence electrons. The second-order valence-electron chi connectivity index (χ2n) is 9.68. The lowest BCUT2D eigenvalue weighted by molar-refractivity contribution is -0.149. The number of rotatable bonds is 7. The van der Waals surface area contributed by atoms with Crippen molar-refractivity contribution >= 4 is 18.0 Å². The van der Waals surface area contributed by atoms with Gasteiger partial charge in [-0.15, -0.1) is 0 Å². The Bertz CT molecular complexity index is 1050. The number of nitrogens with zero attached hydrogens (tertiary/aromatic N) is 1. The van der Waals surface area contributed by atoms with Gasteiger partial charge in [0, 0.05) is 31.5 Å². The lowest BCUT2D eigenvalue weighted by Crippen LogP contribution is -2.41. The third-order valence-electron chi connectivity index (χ3n) is 7.52. The van der Waals surface area contributed by atoms with Crippen LogP contribution in [0.25, 0.3) is 11.1 Å². The molecule has 7 heteroatoms. The highest BCUT2D eigenvalue weighted by atomic mass is 16.5. The number of benzene rings is 2. The van der Waals surface area contributed by atoms with Gasteiger partial charge in [-0.3, -0.25) is 9.59 Å². The molecule has 3 atom stereocenters. The molecule has 1 heterocycles. The monoisotopic (exact) mass is 464 g/mol. The molecule has 0 aromatic heterocycles. The zero-order chi connectivity index (χ0) is 24.5. The molecular formula is C27H32N2O5. The van der Waals surface area contributed by atoms with Gasteiger partial charge in [-0.2, -0.15) is 0 Å². The van der Waals surface area contributed by atoms with E-state index in [1.54, 1.807) is 11.8 Å². The van der Waals surface area contributed by atoms with Crippen molar-refractivity contribution in [3.8, 4) is 11.1 Å². The SMILES string of the molecule is CCC(CC(=O)N1C[C@@H](C)[C@](C)(C(=O)O)C1)NC(=O)OCC1c2ccccc2-c2ccccc21. The van der Waals surface area contributed by atoms with E-state index in [4.69, 9.17) is 4.74 Å². The number of carboxylic acid groups (broad SMARTS) is 1. The molecule has 2 N–H and O–H groups in total. The van der Waals surface area contributed by atoms with Gasteiger partial charge in [0.25, 0.3) is 0 Å². The average Bonchev–Trinajstić information content (AvgIpc) is 3.32. The summed E-state index contributed by atoms with van der Waals surface area (Å²) in [6.07, 6.45) is 0.130. The van der Waals surface area contributed by atoms with Gasteiger partial charge in [-0.1, -0.05) is 62.4 Å². The number of fused-ring (bicyclic) bond motifs is 3. The minimum absolute atomic E-state index is 0.0281. The van der Waals surface area contributed by atoms with Crippen molar-refractivity contribution in [3.63, 3.8) is 0 Å². The van der Waals surface area contributed by atoms with E-state index in [0.717, 1.165) is 22.3 Å². The van der Waals surface area contributed by atoms with Crippen LogP contribution in [0, 0.1) is 11.3 Å². The molecule has 0 saturated carbocycles. The maximum Gasteiger partial charge on any atom is 0.407 e. The first-order valence-corrected chi connectivity index (χ1v) is 11.9. The van der Waals surface area contributed by atoms with E-state index in [1.165, 1.54) is 0 Å². The molecule has 2 aliphatic rings. The van der Waals surface area contributed by atoms with Crippen molar-refractivity contribution in [1.82, 2.24) is 10.2 Å². The quantitative estimate of drug-likeness (QED) is 0.638. The molecule has 4 rings (SSSR count). The summed E-state index contributed by atoms with van der Waals surface area (Å²) in [5.74, 6) is -1.20. The lowest BCUT2D eigenvalue weighted by Gasteiger charge is -2.24. The van der Waals surface area contributed by atoms with Gasteiger partial charge in [0.2, 0.25) is 5.91 Å². The van der Waals surface area contributed by atoms with Crippen molar-refractivity contribution in [2.24, 2.45) is 11.3 Å². The summed E-state index contributed by atoms with van der Waals surface area (Å²) >= 11 is 0. The van der Waals surface area contributed by atoms with Gasteiger partial charge in [0.15, 0.2) is 0 Å². The summed E-state index contributed by atoms with van der Waals surface area (Å²) in [5.41, 5.74) is 3.67. The fourth-order valence-electron chi connectivity index (χ4n) is 5.06. The highest BCUT2D eigenvalue weighted by Gasteiger charge is 2.47. The Morgan fingerprint density at radius 1 is 1.12 bits per heavy atom. The molecule has 0 bridgehead atoms. The third-order valence-corrected chi connectivity index (χ3v) is 7.52. The average molecular weight is 465 g/mol. The standard InChI is InChI=1S/C27H32N2O5/c1-4-18(13-24(30)29-14-17(2)27(3,16-29)25(31)32)28-26(33)34-15-23-21-11-7-5-9-19(21)20-10-6-8-12-22(20)23/h5-12,17-18,23H,4,13-16H2,1-3H3,(H,28,33)(H,31,32)/t17-,18?,27-/m1/s1. The number of carboxylic acids is 1. The number of alkyl carbamates (subject to hydrolysis) is 1. The van der Waals surface area contributed by atoms with E-state index in [-0.39, 0.29) is 43.4 Å². The zero-order valence-electron chi connectivity index (χ0n) is 19.9. The number of amides is 2. The van der Waals surface area contributed by atoms with Crippen molar-refractivity contribution < 1.29 is 24.2 Å². The normalized spacial score (nSPS) is 22.1. The summed E-state index contributed by atoms with van der Waals surface area (Å²) in [7, 11) is 0. The van der Waals surface area contributed by atoms with Crippen molar-refractivity contribution in [3.05, 3.63) is 59.7 Å². The number of ether oxygens (including phenoxy) is 1. The Kier molecular flexibility index (Phi) is 6.64. The topological polar surface area (TPSA) is 95.9 Å². The van der Waals surface area contributed by atoms with Crippen molar-refractivity contribution in [2.75, 3.05) is 19.7 Å². The number of carbonyl (C=O) groups excluding carboxylic acids is 2. The summed E-state index contributed by atoms with van der Waals surface area (Å²) < 4.78 is 5.61. The van der Waals surface area contributed by atoms with Crippen LogP contribution in [-0.4, -0.2) is 53.7 Å². The van der Waals surface area contributed by atoms with Crippen molar-refractivity contribution in [1.29, 1.82) is 0 Å². The Morgan fingerprint density at radius 3 is 2.24 bits per heavy atom. The number of hydrogen-bond acceptors (Lipinski definition) is 4. The van der Waals surface area contributed by atoms with E-state index in [0.29, 0.717) is 13.0 Å². The molecule has 2 aromatic rings. The van der Waals surface area contributed by atoms with Gasteiger partial charge in [-0.05, 0) is 41.5 Å². The molecule has 1 aliphatic carbocycles. The largest absolute Gasteiger partial charge is 0.481 e. The van der Waals surface area contributed by atoms with E-state index in [1.807, 2.05) is 38.1 Å². The molecular weight excluding hydrogens is 432 g/mol. The van der Waals surface area contributed by atoms with Crippen LogP contribution in [0.15, 0.2) is 48.5 Å². The molecule has 1 aliphatic heterocycles. The van der Waals surface area contributed by atoms with Crippen LogP contribution in [0.1, 0.15) is 50.7 Å². The smallest absolute Gasteiger partial charge is 0.407 e. The van der Waals surface area contributed by atoms with Crippen LogP contribution in [0.2, 0.25) is 0 Å². The number of hydrogen-bond donors (Lipinski definition) is 2. The van der Waals surface area contributed by atoms with E-state index in [2.05, 4.69) is 29.6 Å². The molecule has 0 radical (unpaired) electrons. The van der Waals surface area contributed by atoms with Crippen LogP contribution < -0.4 is 5.32 Å². The first-order valence-electron chi connectivity index (χ1n) is 11.9. The van der Waals surface area contributed by atoms with E-state index < -0.39 is 17.5 Å². The highest BCUT2D eigenvalue weighted by Crippen LogP contribution is 2.44. The molecule has 2 amide bonds. The third kappa shape index (κ3) is 4.39. The highest BCUT2D eigenvalue weighted by molar-refractivity contribution is 5.82. The summed E-state index contributed by atoms with van der Waals surface area (Å²) in [5, 5.41) is 12.4. The summed E-state index contributed by atoms with van der Waals surface area (Å²) in [6.45, 7) is 6.24. The first-order chi connectivity index (χ1) is 16.2. The Morgan fingerprint density at radius 2 is 1.71 bits per heavy atom. The lowest BCUT2D eigenvalue weighted by atomic mass is 9.81. The van der Waals surface area contributed by atoms with E-state index >= 15 is 0 Å². The number of carbonyl (C=O) groups is 3. The molecule has 1 saturated heterocycles. The van der Waals surface area contributed by atoms with Gasteiger partial charge in [-0.25, -0.2) is 4.79 Å². The zero-order valence-corrected chi connectivity index (χ0v) is 19.9. The Balaban J connectivity index is 1.34. The molecule has 34 heavy (non-hydrogen) atoms. The number of nitrogens with one attached hydrogen (secondary N) is 1. The minimum Gasteiger partial charge on any atom is -0.481 e. The fraction of sp³-hybridized carbons (Fsp3) is 0.444. The predicted molar refractivity (Wildman–Crippen MR) is 128 cm³/mol. The van der Waals surface area contributed by atoms with Gasteiger partial charge < -0.3 is 20.1 Å². The minimum atomic E-state index is -0.947. The van der Waals surface area contributed by atoms with E-state index in [9.17, 15) is 19.5 Å². The number of aliphatic carboxylic acids is 1. The molecule has 7 nitrogen and oxygen atoms in total. The maximum atomic E-state index is 12.8.